The van der Waals surface area contributed by atoms with E-state index in [0.29, 0.717) is 6.04 Å². The van der Waals surface area contributed by atoms with Gasteiger partial charge in [0.2, 0.25) is 0 Å². The molecule has 1 atom stereocenters. The lowest BCUT2D eigenvalue weighted by atomic mass is 10.1. The van der Waals surface area contributed by atoms with Crippen molar-refractivity contribution >= 4 is 11.3 Å². The van der Waals surface area contributed by atoms with Gasteiger partial charge in [-0.3, -0.25) is 14.9 Å². The molecule has 0 N–H and O–H groups in total. The molecule has 2 aromatic rings. The van der Waals surface area contributed by atoms with Gasteiger partial charge in [-0.05, 0) is 19.4 Å². The predicted octanol–water partition coefficient (Wildman–Crippen LogP) is 2.27. The molecule has 88 valence electrons. The Bertz CT molecular complexity index is 457. The van der Waals surface area contributed by atoms with E-state index in [0.717, 1.165) is 18.8 Å². The van der Waals surface area contributed by atoms with Crippen molar-refractivity contribution in [3.8, 4) is 0 Å². The van der Waals surface area contributed by atoms with Crippen molar-refractivity contribution in [1.29, 1.82) is 0 Å². The molecule has 2 aromatic heterocycles. The highest BCUT2D eigenvalue weighted by Crippen LogP contribution is 2.31. The third-order valence-electron chi connectivity index (χ3n) is 3.11. The molecule has 5 heteroatoms. The van der Waals surface area contributed by atoms with Crippen LogP contribution >= 0.6 is 11.3 Å². The fraction of sp³-hybridized carbons (Fsp3) is 0.417. The molecule has 0 aliphatic carbocycles. The zero-order valence-electron chi connectivity index (χ0n) is 9.49. The molecule has 0 spiro atoms. The molecule has 3 rings (SSSR count). The van der Waals surface area contributed by atoms with Gasteiger partial charge >= 0.3 is 0 Å². The molecule has 4 nitrogen and oxygen atoms in total. The average molecular weight is 246 g/mol. The Balaban J connectivity index is 1.76. The fourth-order valence-corrected chi connectivity index (χ4v) is 2.98. The maximum Gasteiger partial charge on any atom is 0.107 e. The third kappa shape index (κ3) is 2.35. The summed E-state index contributed by atoms with van der Waals surface area (Å²) in [7, 11) is 0. The minimum Gasteiger partial charge on any atom is -0.288 e. The van der Waals surface area contributed by atoms with Crippen molar-refractivity contribution in [2.45, 2.75) is 25.4 Å². The van der Waals surface area contributed by atoms with Crippen molar-refractivity contribution in [2.75, 3.05) is 6.54 Å². The van der Waals surface area contributed by atoms with Gasteiger partial charge in [-0.2, -0.15) is 0 Å². The molecule has 0 amide bonds. The molecular weight excluding hydrogens is 232 g/mol. The smallest absolute Gasteiger partial charge is 0.107 e. The molecule has 1 saturated heterocycles. The Kier molecular flexibility index (Phi) is 3.11. The number of likely N-dealkylation sites (tertiary alicyclic amines) is 1. The Morgan fingerprint density at radius 2 is 2.29 bits per heavy atom. The molecule has 0 bridgehead atoms. The largest absolute Gasteiger partial charge is 0.288 e. The van der Waals surface area contributed by atoms with Crippen LogP contribution in [0.2, 0.25) is 0 Å². The second-order valence-electron chi connectivity index (χ2n) is 4.18. The predicted molar refractivity (Wildman–Crippen MR) is 66.5 cm³/mol. The zero-order valence-corrected chi connectivity index (χ0v) is 10.3. The summed E-state index contributed by atoms with van der Waals surface area (Å²) in [6, 6.07) is 0.410. The summed E-state index contributed by atoms with van der Waals surface area (Å²) in [5.74, 6) is 0. The zero-order chi connectivity index (χ0) is 11.5. The minimum atomic E-state index is 0.410. The first-order chi connectivity index (χ1) is 8.43. The lowest BCUT2D eigenvalue weighted by Gasteiger charge is -2.22. The van der Waals surface area contributed by atoms with E-state index in [9.17, 15) is 0 Å². The van der Waals surface area contributed by atoms with Crippen LogP contribution < -0.4 is 0 Å². The van der Waals surface area contributed by atoms with Crippen LogP contribution in [0.1, 0.15) is 29.6 Å². The van der Waals surface area contributed by atoms with Gasteiger partial charge in [0.1, 0.15) is 5.01 Å². The number of hydrogen-bond donors (Lipinski definition) is 0. The monoisotopic (exact) mass is 246 g/mol. The van der Waals surface area contributed by atoms with Gasteiger partial charge in [0.15, 0.2) is 0 Å². The average Bonchev–Trinajstić information content (AvgIpc) is 3.02. The van der Waals surface area contributed by atoms with Crippen molar-refractivity contribution in [1.82, 2.24) is 19.9 Å². The molecule has 0 saturated carbocycles. The summed E-state index contributed by atoms with van der Waals surface area (Å²) < 4.78 is 0. The van der Waals surface area contributed by atoms with Crippen LogP contribution in [-0.2, 0) is 6.54 Å². The lowest BCUT2D eigenvalue weighted by molar-refractivity contribution is 0.243. The van der Waals surface area contributed by atoms with Gasteiger partial charge in [0, 0.05) is 30.2 Å². The van der Waals surface area contributed by atoms with E-state index in [4.69, 9.17) is 0 Å². The normalized spacial score (nSPS) is 20.8. The maximum absolute atomic E-state index is 4.42. The number of aromatic nitrogens is 3. The van der Waals surface area contributed by atoms with E-state index in [1.54, 1.807) is 23.7 Å². The van der Waals surface area contributed by atoms with E-state index < -0.39 is 0 Å². The van der Waals surface area contributed by atoms with Crippen LogP contribution in [0.15, 0.2) is 30.2 Å². The Hall–Kier alpha value is -1.33. The standard InChI is InChI=1S/C12H14N4S/c1-2-11(10-8-13-3-4-14-10)16(6-1)9-12-15-5-7-17-12/h3-5,7-8,11H,1-2,6,9H2/t11-/m1/s1. The van der Waals surface area contributed by atoms with Crippen LogP contribution in [0.5, 0.6) is 0 Å². The molecule has 0 radical (unpaired) electrons. The van der Waals surface area contributed by atoms with E-state index in [2.05, 4.69) is 19.9 Å². The van der Waals surface area contributed by atoms with E-state index >= 15 is 0 Å². The van der Waals surface area contributed by atoms with E-state index in [1.165, 1.54) is 17.8 Å². The number of thiazole rings is 1. The third-order valence-corrected chi connectivity index (χ3v) is 3.87. The molecule has 0 unspecified atom stereocenters. The van der Waals surface area contributed by atoms with Crippen LogP contribution in [0.3, 0.4) is 0 Å². The Morgan fingerprint density at radius 3 is 3.06 bits per heavy atom. The molecule has 17 heavy (non-hydrogen) atoms. The lowest BCUT2D eigenvalue weighted by Crippen LogP contribution is -2.23. The molecule has 0 aromatic carbocycles. The summed E-state index contributed by atoms with van der Waals surface area (Å²) >= 11 is 1.72. The first kappa shape index (κ1) is 10.8. The van der Waals surface area contributed by atoms with Gasteiger partial charge in [0.05, 0.1) is 18.3 Å². The van der Waals surface area contributed by atoms with Gasteiger partial charge < -0.3 is 0 Å². The van der Waals surface area contributed by atoms with Crippen molar-refractivity contribution in [3.63, 3.8) is 0 Å². The molecule has 3 heterocycles. The topological polar surface area (TPSA) is 41.9 Å². The van der Waals surface area contributed by atoms with Crippen LogP contribution in [0.4, 0.5) is 0 Å². The number of hydrogen-bond acceptors (Lipinski definition) is 5. The highest BCUT2D eigenvalue weighted by molar-refractivity contribution is 7.09. The first-order valence-electron chi connectivity index (χ1n) is 5.82. The van der Waals surface area contributed by atoms with Gasteiger partial charge in [0.25, 0.3) is 0 Å². The van der Waals surface area contributed by atoms with Crippen molar-refractivity contribution in [3.05, 3.63) is 40.9 Å². The summed E-state index contributed by atoms with van der Waals surface area (Å²) in [5.41, 5.74) is 1.08. The van der Waals surface area contributed by atoms with Gasteiger partial charge in [-0.25, -0.2) is 4.98 Å². The molecule has 1 aliphatic rings. The molecule has 1 fully saturated rings. The van der Waals surface area contributed by atoms with E-state index in [1.807, 2.05) is 17.8 Å². The quantitative estimate of drug-likeness (QED) is 0.833. The first-order valence-corrected chi connectivity index (χ1v) is 6.70. The van der Waals surface area contributed by atoms with Gasteiger partial charge in [-0.15, -0.1) is 11.3 Å². The molecular formula is C12H14N4S. The maximum atomic E-state index is 4.42. The van der Waals surface area contributed by atoms with Crippen molar-refractivity contribution in [2.24, 2.45) is 0 Å². The summed E-state index contributed by atoms with van der Waals surface area (Å²) in [4.78, 5) is 15.4. The highest BCUT2D eigenvalue weighted by Gasteiger charge is 2.27. The van der Waals surface area contributed by atoms with Gasteiger partial charge in [-0.1, -0.05) is 0 Å². The SMILES string of the molecule is c1cnc([C@H]2CCCN2Cc2nccs2)cn1. The Morgan fingerprint density at radius 1 is 1.29 bits per heavy atom. The second-order valence-corrected chi connectivity index (χ2v) is 5.16. The van der Waals surface area contributed by atoms with Crippen LogP contribution in [0.25, 0.3) is 0 Å². The van der Waals surface area contributed by atoms with Crippen molar-refractivity contribution < 1.29 is 0 Å². The van der Waals surface area contributed by atoms with Crippen LogP contribution in [0, 0.1) is 0 Å². The minimum absolute atomic E-state index is 0.410. The summed E-state index contributed by atoms with van der Waals surface area (Å²) in [5, 5.41) is 3.21. The fourth-order valence-electron chi connectivity index (χ4n) is 2.34. The Labute approximate surface area is 104 Å². The van der Waals surface area contributed by atoms with E-state index in [-0.39, 0.29) is 0 Å². The van der Waals surface area contributed by atoms with Crippen LogP contribution in [-0.4, -0.2) is 26.4 Å². The molecule has 1 aliphatic heterocycles. The number of nitrogens with zero attached hydrogens (tertiary/aromatic N) is 4. The second kappa shape index (κ2) is 4.89. The highest BCUT2D eigenvalue weighted by atomic mass is 32.1. The summed E-state index contributed by atoms with van der Waals surface area (Å²) in [6.07, 6.45) is 9.65. The number of rotatable bonds is 3. The summed E-state index contributed by atoms with van der Waals surface area (Å²) in [6.45, 7) is 2.06.